The maximum atomic E-state index is 11.3. The minimum atomic E-state index is -0.0641. The maximum absolute atomic E-state index is 11.3. The first kappa shape index (κ1) is 10.0. The molecule has 0 bridgehead atoms. The van der Waals surface area contributed by atoms with Crippen LogP contribution in [0.4, 0.5) is 0 Å². The minimum Gasteiger partial charge on any atom is -0.497 e. The first-order valence-corrected chi connectivity index (χ1v) is 5.09. The summed E-state index contributed by atoms with van der Waals surface area (Å²) in [6.45, 7) is 0.360. The van der Waals surface area contributed by atoms with Crippen LogP contribution in [0.3, 0.4) is 0 Å². The van der Waals surface area contributed by atoms with Crippen molar-refractivity contribution in [1.82, 2.24) is 0 Å². The van der Waals surface area contributed by atoms with Crippen molar-refractivity contribution in [2.24, 2.45) is 5.92 Å². The van der Waals surface area contributed by atoms with Gasteiger partial charge in [-0.1, -0.05) is 12.1 Å². The highest BCUT2D eigenvalue weighted by Gasteiger charge is 2.31. The summed E-state index contributed by atoms with van der Waals surface area (Å²) in [5, 5.41) is 0. The van der Waals surface area contributed by atoms with Gasteiger partial charge in [-0.15, -0.1) is 0 Å². The Morgan fingerprint density at radius 2 is 2.00 bits per heavy atom. The van der Waals surface area contributed by atoms with Gasteiger partial charge < -0.3 is 9.47 Å². The second kappa shape index (κ2) is 4.34. The van der Waals surface area contributed by atoms with Crippen molar-refractivity contribution in [2.75, 3.05) is 7.11 Å². The summed E-state index contributed by atoms with van der Waals surface area (Å²) in [4.78, 5) is 11.3. The fraction of sp³-hybridized carbons (Fsp3) is 0.417. The van der Waals surface area contributed by atoms with Crippen LogP contribution in [0.25, 0.3) is 0 Å². The van der Waals surface area contributed by atoms with E-state index in [-0.39, 0.29) is 11.9 Å². The molecule has 3 heteroatoms. The highest BCUT2D eigenvalue weighted by Crippen LogP contribution is 2.30. The molecule has 1 aliphatic carbocycles. The van der Waals surface area contributed by atoms with Crippen molar-refractivity contribution >= 4 is 5.97 Å². The van der Waals surface area contributed by atoms with Crippen LogP contribution in [0.2, 0.25) is 0 Å². The molecular weight excluding hydrogens is 192 g/mol. The van der Waals surface area contributed by atoms with Crippen LogP contribution < -0.4 is 4.74 Å². The third-order valence-corrected chi connectivity index (χ3v) is 2.45. The standard InChI is InChI=1S/C12H14O3/c1-14-11-6-2-9(3-7-11)8-15-12(13)10-4-5-10/h2-3,6-7,10H,4-5,8H2,1H3. The number of esters is 1. The van der Waals surface area contributed by atoms with Crippen LogP contribution >= 0.6 is 0 Å². The first-order valence-electron chi connectivity index (χ1n) is 5.09. The van der Waals surface area contributed by atoms with E-state index in [4.69, 9.17) is 9.47 Å². The molecule has 1 fully saturated rings. The average Bonchev–Trinajstić information content (AvgIpc) is 3.10. The number of carbonyl (C=O) groups is 1. The van der Waals surface area contributed by atoms with Crippen LogP contribution in [-0.2, 0) is 16.1 Å². The van der Waals surface area contributed by atoms with Gasteiger partial charge >= 0.3 is 5.97 Å². The number of hydrogen-bond acceptors (Lipinski definition) is 3. The molecule has 3 nitrogen and oxygen atoms in total. The van der Waals surface area contributed by atoms with Gasteiger partial charge in [0.25, 0.3) is 0 Å². The van der Waals surface area contributed by atoms with Gasteiger partial charge in [0.2, 0.25) is 0 Å². The van der Waals surface area contributed by atoms with Crippen LogP contribution in [0.1, 0.15) is 18.4 Å². The van der Waals surface area contributed by atoms with Crippen LogP contribution in [0.15, 0.2) is 24.3 Å². The predicted molar refractivity (Wildman–Crippen MR) is 55.5 cm³/mol. The largest absolute Gasteiger partial charge is 0.497 e. The van der Waals surface area contributed by atoms with Crippen LogP contribution in [0.5, 0.6) is 5.75 Å². The van der Waals surface area contributed by atoms with Gasteiger partial charge in [-0.3, -0.25) is 4.79 Å². The molecular formula is C12H14O3. The summed E-state index contributed by atoms with van der Waals surface area (Å²) in [5.41, 5.74) is 0.991. The molecule has 1 aromatic rings. The lowest BCUT2D eigenvalue weighted by atomic mass is 10.2. The zero-order chi connectivity index (χ0) is 10.7. The highest BCUT2D eigenvalue weighted by molar-refractivity contribution is 5.74. The first-order chi connectivity index (χ1) is 7.29. The number of ether oxygens (including phenoxy) is 2. The molecule has 0 aromatic heterocycles. The number of benzene rings is 1. The minimum absolute atomic E-state index is 0.0641. The predicted octanol–water partition coefficient (Wildman–Crippen LogP) is 2.15. The summed E-state index contributed by atoms with van der Waals surface area (Å²) in [7, 11) is 1.63. The lowest BCUT2D eigenvalue weighted by molar-refractivity contribution is -0.146. The Labute approximate surface area is 89.0 Å². The lowest BCUT2D eigenvalue weighted by Crippen LogP contribution is -2.06. The van der Waals surface area contributed by atoms with E-state index in [0.29, 0.717) is 6.61 Å². The molecule has 0 atom stereocenters. The fourth-order valence-electron chi connectivity index (χ4n) is 1.31. The van der Waals surface area contributed by atoms with E-state index in [2.05, 4.69) is 0 Å². The molecule has 0 radical (unpaired) electrons. The molecule has 1 aromatic carbocycles. The SMILES string of the molecule is COc1ccc(COC(=O)C2CC2)cc1. The van der Waals surface area contributed by atoms with E-state index < -0.39 is 0 Å². The molecule has 80 valence electrons. The van der Waals surface area contributed by atoms with E-state index in [0.717, 1.165) is 24.2 Å². The molecule has 0 unspecified atom stereocenters. The van der Waals surface area contributed by atoms with Gasteiger partial charge in [0, 0.05) is 0 Å². The van der Waals surface area contributed by atoms with Gasteiger partial charge in [-0.25, -0.2) is 0 Å². The number of hydrogen-bond donors (Lipinski definition) is 0. The maximum Gasteiger partial charge on any atom is 0.309 e. The van der Waals surface area contributed by atoms with E-state index in [1.807, 2.05) is 24.3 Å². The smallest absolute Gasteiger partial charge is 0.309 e. The van der Waals surface area contributed by atoms with E-state index >= 15 is 0 Å². The molecule has 1 aliphatic rings. The second-order valence-electron chi connectivity index (χ2n) is 3.73. The summed E-state index contributed by atoms with van der Waals surface area (Å²) in [6, 6.07) is 7.53. The number of carbonyl (C=O) groups excluding carboxylic acids is 1. The molecule has 0 heterocycles. The number of rotatable bonds is 4. The van der Waals surface area contributed by atoms with Gasteiger partial charge in [-0.2, -0.15) is 0 Å². The Hall–Kier alpha value is -1.51. The van der Waals surface area contributed by atoms with Crippen molar-refractivity contribution in [3.63, 3.8) is 0 Å². The van der Waals surface area contributed by atoms with Crippen LogP contribution in [-0.4, -0.2) is 13.1 Å². The Balaban J connectivity index is 1.84. The van der Waals surface area contributed by atoms with Crippen molar-refractivity contribution in [1.29, 1.82) is 0 Å². The van der Waals surface area contributed by atoms with Crippen molar-refractivity contribution < 1.29 is 14.3 Å². The van der Waals surface area contributed by atoms with Crippen molar-refractivity contribution in [3.8, 4) is 5.75 Å². The van der Waals surface area contributed by atoms with Crippen molar-refractivity contribution in [3.05, 3.63) is 29.8 Å². The second-order valence-corrected chi connectivity index (χ2v) is 3.73. The molecule has 0 aliphatic heterocycles. The summed E-state index contributed by atoms with van der Waals surface area (Å²) in [6.07, 6.45) is 1.98. The van der Waals surface area contributed by atoms with E-state index in [1.54, 1.807) is 7.11 Å². The Kier molecular flexibility index (Phi) is 2.90. The Morgan fingerprint density at radius 3 is 2.53 bits per heavy atom. The summed E-state index contributed by atoms with van der Waals surface area (Å²) in [5.74, 6) is 0.918. The van der Waals surface area contributed by atoms with Crippen molar-refractivity contribution in [2.45, 2.75) is 19.4 Å². The highest BCUT2D eigenvalue weighted by atomic mass is 16.5. The van der Waals surface area contributed by atoms with Gasteiger partial charge in [0.15, 0.2) is 0 Å². The molecule has 0 spiro atoms. The zero-order valence-corrected chi connectivity index (χ0v) is 8.73. The molecule has 0 N–H and O–H groups in total. The van der Waals surface area contributed by atoms with E-state index in [9.17, 15) is 4.79 Å². The fourth-order valence-corrected chi connectivity index (χ4v) is 1.31. The summed E-state index contributed by atoms with van der Waals surface area (Å²) < 4.78 is 10.2. The normalized spacial score (nSPS) is 14.7. The van der Waals surface area contributed by atoms with Gasteiger partial charge in [0.1, 0.15) is 12.4 Å². The Morgan fingerprint density at radius 1 is 1.33 bits per heavy atom. The average molecular weight is 206 g/mol. The molecule has 0 amide bonds. The van der Waals surface area contributed by atoms with Crippen LogP contribution in [0, 0.1) is 5.92 Å². The monoisotopic (exact) mass is 206 g/mol. The molecule has 15 heavy (non-hydrogen) atoms. The summed E-state index contributed by atoms with van der Waals surface area (Å²) >= 11 is 0. The Bertz CT molecular complexity index is 338. The third kappa shape index (κ3) is 2.72. The van der Waals surface area contributed by atoms with Gasteiger partial charge in [-0.05, 0) is 30.5 Å². The topological polar surface area (TPSA) is 35.5 Å². The van der Waals surface area contributed by atoms with Gasteiger partial charge in [0.05, 0.1) is 13.0 Å². The molecule has 2 rings (SSSR count). The lowest BCUT2D eigenvalue weighted by Gasteiger charge is -2.04. The van der Waals surface area contributed by atoms with E-state index in [1.165, 1.54) is 0 Å². The number of methoxy groups -OCH3 is 1. The molecule has 0 saturated heterocycles. The zero-order valence-electron chi connectivity index (χ0n) is 8.73. The quantitative estimate of drug-likeness (QED) is 0.708. The third-order valence-electron chi connectivity index (χ3n) is 2.45. The molecule has 1 saturated carbocycles.